The third-order valence-electron chi connectivity index (χ3n) is 3.48. The average Bonchev–Trinajstić information content (AvgIpc) is 2.54. The normalized spacial score (nSPS) is 11.7. The molecule has 1 aromatic carbocycles. The van der Waals surface area contributed by atoms with Crippen LogP contribution < -0.4 is 4.74 Å². The smallest absolute Gasteiger partial charge is 0.307 e. The van der Waals surface area contributed by atoms with Crippen molar-refractivity contribution >= 4 is 23.5 Å². The Hall–Kier alpha value is -1.75. The van der Waals surface area contributed by atoms with Gasteiger partial charge in [0.15, 0.2) is 6.61 Å². The number of halogens is 1. The molecular weight excluding hydrogens is 318 g/mol. The first-order valence-electron chi connectivity index (χ1n) is 7.81. The first kappa shape index (κ1) is 19.3. The molecule has 0 fully saturated rings. The van der Waals surface area contributed by atoms with Gasteiger partial charge in [-0.1, -0.05) is 18.5 Å². The molecule has 0 saturated carbocycles. The van der Waals surface area contributed by atoms with Crippen molar-refractivity contribution in [2.75, 3.05) is 19.8 Å². The number of nitrogens with zero attached hydrogens (tertiary/aromatic N) is 1. The largest absolute Gasteiger partial charge is 0.484 e. The minimum Gasteiger partial charge on any atom is -0.484 e. The average molecular weight is 342 g/mol. The lowest BCUT2D eigenvalue weighted by molar-refractivity contribution is -0.144. The van der Waals surface area contributed by atoms with Gasteiger partial charge >= 0.3 is 5.97 Å². The monoisotopic (exact) mass is 341 g/mol. The van der Waals surface area contributed by atoms with Crippen molar-refractivity contribution in [3.63, 3.8) is 0 Å². The highest BCUT2D eigenvalue weighted by Crippen LogP contribution is 2.16. The summed E-state index contributed by atoms with van der Waals surface area (Å²) < 4.78 is 10.4. The van der Waals surface area contributed by atoms with Gasteiger partial charge in [0.1, 0.15) is 5.75 Å². The van der Waals surface area contributed by atoms with Crippen LogP contribution in [0.2, 0.25) is 5.02 Å². The lowest BCUT2D eigenvalue weighted by Gasteiger charge is -2.28. The van der Waals surface area contributed by atoms with Crippen LogP contribution in [0.1, 0.15) is 33.6 Å². The quantitative estimate of drug-likeness (QED) is 0.647. The highest BCUT2D eigenvalue weighted by Gasteiger charge is 2.20. The summed E-state index contributed by atoms with van der Waals surface area (Å²) in [6, 6.07) is 6.86. The molecule has 128 valence electrons. The van der Waals surface area contributed by atoms with E-state index in [9.17, 15) is 9.59 Å². The number of carbonyl (C=O) groups excluding carboxylic acids is 2. The molecular formula is C17H24ClNO4. The van der Waals surface area contributed by atoms with E-state index in [4.69, 9.17) is 21.1 Å². The van der Waals surface area contributed by atoms with Gasteiger partial charge in [0.25, 0.3) is 5.91 Å². The minimum absolute atomic E-state index is 0.0331. The molecule has 0 aromatic heterocycles. The van der Waals surface area contributed by atoms with E-state index in [2.05, 4.69) is 0 Å². The maximum atomic E-state index is 12.4. The maximum Gasteiger partial charge on any atom is 0.307 e. The summed E-state index contributed by atoms with van der Waals surface area (Å²) in [5.41, 5.74) is 0. The van der Waals surface area contributed by atoms with Crippen molar-refractivity contribution in [3.05, 3.63) is 29.3 Å². The molecule has 1 amide bonds. The Morgan fingerprint density at radius 1 is 1.22 bits per heavy atom. The predicted octanol–water partition coefficient (Wildman–Crippen LogP) is 3.30. The van der Waals surface area contributed by atoms with Crippen molar-refractivity contribution < 1.29 is 19.1 Å². The van der Waals surface area contributed by atoms with Crippen LogP contribution in [0.3, 0.4) is 0 Å². The molecule has 0 radical (unpaired) electrons. The summed E-state index contributed by atoms with van der Waals surface area (Å²) in [6.07, 6.45) is 0.986. The second kappa shape index (κ2) is 10.1. The van der Waals surface area contributed by atoms with E-state index >= 15 is 0 Å². The highest BCUT2D eigenvalue weighted by molar-refractivity contribution is 6.30. The maximum absolute atomic E-state index is 12.4. The number of benzene rings is 1. The molecule has 1 unspecified atom stereocenters. The Morgan fingerprint density at radius 3 is 2.43 bits per heavy atom. The lowest BCUT2D eigenvalue weighted by atomic mass is 10.2. The fourth-order valence-corrected chi connectivity index (χ4v) is 2.14. The number of amides is 1. The Morgan fingerprint density at radius 2 is 1.87 bits per heavy atom. The van der Waals surface area contributed by atoms with Crippen LogP contribution in [-0.4, -0.2) is 42.6 Å². The predicted molar refractivity (Wildman–Crippen MR) is 89.7 cm³/mol. The summed E-state index contributed by atoms with van der Waals surface area (Å²) in [5.74, 6) is 0.128. The van der Waals surface area contributed by atoms with Crippen molar-refractivity contribution in [1.82, 2.24) is 4.90 Å². The van der Waals surface area contributed by atoms with Gasteiger partial charge in [-0.3, -0.25) is 9.59 Å². The van der Waals surface area contributed by atoms with Gasteiger partial charge in [0.2, 0.25) is 0 Å². The van der Waals surface area contributed by atoms with Gasteiger partial charge in [-0.25, -0.2) is 0 Å². The third-order valence-corrected chi connectivity index (χ3v) is 3.73. The fraction of sp³-hybridized carbons (Fsp3) is 0.529. The summed E-state index contributed by atoms with van der Waals surface area (Å²) in [7, 11) is 0. The van der Waals surface area contributed by atoms with Gasteiger partial charge in [0.05, 0.1) is 13.0 Å². The SMILES string of the molecule is CCOC(=O)CCN(C(=O)COc1ccc(Cl)cc1)C(C)CC. The summed E-state index contributed by atoms with van der Waals surface area (Å²) in [5, 5.41) is 0.611. The Balaban J connectivity index is 2.57. The van der Waals surface area contributed by atoms with Gasteiger partial charge in [0, 0.05) is 17.6 Å². The van der Waals surface area contributed by atoms with E-state index < -0.39 is 0 Å². The second-order valence-electron chi connectivity index (χ2n) is 5.14. The number of esters is 1. The molecule has 1 aromatic rings. The van der Waals surface area contributed by atoms with Crippen LogP contribution in [0, 0.1) is 0 Å². The molecule has 0 N–H and O–H groups in total. The summed E-state index contributed by atoms with van der Waals surface area (Å²) >= 11 is 5.81. The van der Waals surface area contributed by atoms with Crippen molar-refractivity contribution in [2.45, 2.75) is 39.7 Å². The van der Waals surface area contributed by atoms with E-state index in [0.29, 0.717) is 23.9 Å². The molecule has 0 bridgehead atoms. The lowest BCUT2D eigenvalue weighted by Crippen LogP contribution is -2.42. The van der Waals surface area contributed by atoms with E-state index in [0.717, 1.165) is 6.42 Å². The second-order valence-corrected chi connectivity index (χ2v) is 5.58. The zero-order valence-corrected chi connectivity index (χ0v) is 14.6. The zero-order valence-electron chi connectivity index (χ0n) is 13.9. The highest BCUT2D eigenvalue weighted by atomic mass is 35.5. The van der Waals surface area contributed by atoms with Crippen molar-refractivity contribution in [1.29, 1.82) is 0 Å². The number of hydrogen-bond acceptors (Lipinski definition) is 4. The van der Waals surface area contributed by atoms with Gasteiger partial charge in [-0.2, -0.15) is 0 Å². The number of hydrogen-bond donors (Lipinski definition) is 0. The molecule has 1 rings (SSSR count). The first-order chi connectivity index (χ1) is 11.0. The molecule has 23 heavy (non-hydrogen) atoms. The molecule has 0 aliphatic carbocycles. The number of ether oxygens (including phenoxy) is 2. The molecule has 0 saturated heterocycles. The van der Waals surface area contributed by atoms with Gasteiger partial charge in [-0.15, -0.1) is 0 Å². The van der Waals surface area contributed by atoms with Crippen LogP contribution in [-0.2, 0) is 14.3 Å². The third kappa shape index (κ3) is 6.91. The number of rotatable bonds is 9. The van der Waals surface area contributed by atoms with Crippen LogP contribution >= 0.6 is 11.6 Å². The standard InChI is InChI=1S/C17H24ClNO4/c1-4-13(3)19(11-10-17(21)22-5-2)16(20)12-23-15-8-6-14(18)7-9-15/h6-9,13H,4-5,10-12H2,1-3H3. The summed E-state index contributed by atoms with van der Waals surface area (Å²) in [6.45, 7) is 6.30. The van der Waals surface area contributed by atoms with Gasteiger partial charge < -0.3 is 14.4 Å². The Kier molecular flexibility index (Phi) is 8.48. The van der Waals surface area contributed by atoms with E-state index in [1.165, 1.54) is 0 Å². The van der Waals surface area contributed by atoms with Crippen LogP contribution in [0.25, 0.3) is 0 Å². The summed E-state index contributed by atoms with van der Waals surface area (Å²) in [4.78, 5) is 25.5. The van der Waals surface area contributed by atoms with Gasteiger partial charge in [-0.05, 0) is 44.5 Å². The molecule has 5 nitrogen and oxygen atoms in total. The Labute approximate surface area is 142 Å². The van der Waals surface area contributed by atoms with Crippen molar-refractivity contribution in [3.8, 4) is 5.75 Å². The van der Waals surface area contributed by atoms with E-state index in [-0.39, 0.29) is 30.9 Å². The van der Waals surface area contributed by atoms with Crippen molar-refractivity contribution in [2.24, 2.45) is 0 Å². The Bertz CT molecular complexity index is 504. The number of carbonyl (C=O) groups is 2. The fourth-order valence-electron chi connectivity index (χ4n) is 2.01. The van der Waals surface area contributed by atoms with E-state index in [1.54, 1.807) is 36.1 Å². The molecule has 0 spiro atoms. The zero-order chi connectivity index (χ0) is 17.2. The first-order valence-corrected chi connectivity index (χ1v) is 8.19. The van der Waals surface area contributed by atoms with Crippen LogP contribution in [0.4, 0.5) is 0 Å². The molecule has 0 aliphatic rings. The van der Waals surface area contributed by atoms with E-state index in [1.807, 2.05) is 13.8 Å². The molecule has 6 heteroatoms. The van der Waals surface area contributed by atoms with Crippen LogP contribution in [0.15, 0.2) is 24.3 Å². The topological polar surface area (TPSA) is 55.8 Å². The van der Waals surface area contributed by atoms with Crippen LogP contribution in [0.5, 0.6) is 5.75 Å². The minimum atomic E-state index is -0.299. The molecule has 1 atom stereocenters. The molecule has 0 heterocycles. The molecule has 0 aliphatic heterocycles.